The van der Waals surface area contributed by atoms with Crippen LogP contribution in [0.3, 0.4) is 0 Å². The summed E-state index contributed by atoms with van der Waals surface area (Å²) < 4.78 is 0. The van der Waals surface area contributed by atoms with Crippen molar-refractivity contribution in [1.29, 1.82) is 0 Å². The van der Waals surface area contributed by atoms with E-state index in [0.29, 0.717) is 24.5 Å². The largest absolute Gasteiger partial charge is 0.399 e. The van der Waals surface area contributed by atoms with Crippen LogP contribution < -0.4 is 16.4 Å². The molecule has 0 atom stereocenters. The van der Waals surface area contributed by atoms with Crippen LogP contribution in [0.15, 0.2) is 24.3 Å². The predicted molar refractivity (Wildman–Crippen MR) is 75.8 cm³/mol. The molecule has 0 radical (unpaired) electrons. The molecule has 0 bridgehead atoms. The highest BCUT2D eigenvalue weighted by atomic mass is 16.2. The van der Waals surface area contributed by atoms with Crippen LogP contribution in [0.25, 0.3) is 0 Å². The van der Waals surface area contributed by atoms with Gasteiger partial charge in [0.05, 0.1) is 6.54 Å². The van der Waals surface area contributed by atoms with Crippen molar-refractivity contribution < 1.29 is 9.59 Å². The van der Waals surface area contributed by atoms with Gasteiger partial charge < -0.3 is 21.3 Å². The smallest absolute Gasteiger partial charge is 0.319 e. The number of amides is 3. The van der Waals surface area contributed by atoms with Crippen molar-refractivity contribution in [1.82, 2.24) is 10.2 Å². The summed E-state index contributed by atoms with van der Waals surface area (Å²) in [6.07, 6.45) is 0. The lowest BCUT2D eigenvalue weighted by molar-refractivity contribution is -0.129. The molecule has 3 amide bonds. The summed E-state index contributed by atoms with van der Waals surface area (Å²) in [6.45, 7) is 5.04. The number of nitrogens with zero attached hydrogens (tertiary/aromatic N) is 1. The maximum Gasteiger partial charge on any atom is 0.319 e. The Morgan fingerprint density at radius 3 is 2.53 bits per heavy atom. The Hall–Kier alpha value is -2.24. The van der Waals surface area contributed by atoms with E-state index >= 15 is 0 Å². The summed E-state index contributed by atoms with van der Waals surface area (Å²) >= 11 is 0. The molecule has 0 heterocycles. The van der Waals surface area contributed by atoms with E-state index in [-0.39, 0.29) is 12.5 Å². The van der Waals surface area contributed by atoms with Gasteiger partial charge in [-0.25, -0.2) is 4.79 Å². The summed E-state index contributed by atoms with van der Waals surface area (Å²) in [7, 11) is 0. The molecule has 19 heavy (non-hydrogen) atoms. The normalized spacial score (nSPS) is 9.79. The van der Waals surface area contributed by atoms with Crippen molar-refractivity contribution in [2.75, 3.05) is 30.7 Å². The van der Waals surface area contributed by atoms with Crippen molar-refractivity contribution in [2.24, 2.45) is 0 Å². The van der Waals surface area contributed by atoms with Crippen LogP contribution in [0.2, 0.25) is 0 Å². The van der Waals surface area contributed by atoms with E-state index in [2.05, 4.69) is 10.6 Å². The van der Waals surface area contributed by atoms with E-state index in [1.165, 1.54) is 0 Å². The second-order valence-corrected chi connectivity index (χ2v) is 4.00. The Balaban J connectivity index is 2.42. The summed E-state index contributed by atoms with van der Waals surface area (Å²) in [4.78, 5) is 24.9. The highest BCUT2D eigenvalue weighted by Crippen LogP contribution is 2.11. The number of likely N-dealkylation sites (N-methyl/N-ethyl adjacent to an activating group) is 1. The van der Waals surface area contributed by atoms with Crippen molar-refractivity contribution in [3.05, 3.63) is 24.3 Å². The molecule has 0 fully saturated rings. The van der Waals surface area contributed by atoms with Gasteiger partial charge >= 0.3 is 6.03 Å². The summed E-state index contributed by atoms with van der Waals surface area (Å²) in [6, 6.07) is 6.42. The van der Waals surface area contributed by atoms with Gasteiger partial charge in [-0.1, -0.05) is 6.07 Å². The standard InChI is InChI=1S/C13H20N4O2/c1-3-17(4-2)12(18)9-15-13(19)16-11-7-5-6-10(14)8-11/h5-8H,3-4,9,14H2,1-2H3,(H2,15,16,19). The molecule has 0 aliphatic carbocycles. The van der Waals surface area contributed by atoms with Crippen LogP contribution in [-0.2, 0) is 4.79 Å². The minimum absolute atomic E-state index is 0.0180. The SMILES string of the molecule is CCN(CC)C(=O)CNC(=O)Nc1cccc(N)c1. The fraction of sp³-hybridized carbons (Fsp3) is 0.385. The zero-order valence-electron chi connectivity index (χ0n) is 11.3. The van der Waals surface area contributed by atoms with E-state index in [9.17, 15) is 9.59 Å². The Bertz CT molecular complexity index is 444. The van der Waals surface area contributed by atoms with Crippen LogP contribution in [0.1, 0.15) is 13.8 Å². The van der Waals surface area contributed by atoms with E-state index < -0.39 is 6.03 Å². The number of carbonyl (C=O) groups is 2. The van der Waals surface area contributed by atoms with Crippen LogP contribution in [0.5, 0.6) is 0 Å². The molecule has 6 nitrogen and oxygen atoms in total. The monoisotopic (exact) mass is 264 g/mol. The molecule has 1 rings (SSSR count). The molecule has 1 aromatic carbocycles. The Kier molecular flexibility index (Phi) is 5.66. The number of rotatable bonds is 5. The average molecular weight is 264 g/mol. The molecule has 104 valence electrons. The molecule has 0 saturated heterocycles. The summed E-state index contributed by atoms with van der Waals surface area (Å²) in [5.41, 5.74) is 6.76. The number of nitrogens with one attached hydrogen (secondary N) is 2. The van der Waals surface area contributed by atoms with Crippen LogP contribution in [0.4, 0.5) is 16.2 Å². The number of nitrogen functional groups attached to an aromatic ring is 1. The molecular weight excluding hydrogens is 244 g/mol. The topological polar surface area (TPSA) is 87.5 Å². The number of anilines is 2. The third-order valence-electron chi connectivity index (χ3n) is 2.66. The van der Waals surface area contributed by atoms with Crippen molar-refractivity contribution in [3.8, 4) is 0 Å². The van der Waals surface area contributed by atoms with Gasteiger partial charge in [-0.3, -0.25) is 4.79 Å². The average Bonchev–Trinajstić information content (AvgIpc) is 2.38. The quantitative estimate of drug-likeness (QED) is 0.700. The molecular formula is C13H20N4O2. The first-order valence-electron chi connectivity index (χ1n) is 6.25. The lowest BCUT2D eigenvalue weighted by atomic mass is 10.3. The molecule has 0 aromatic heterocycles. The summed E-state index contributed by atoms with van der Waals surface area (Å²) in [5.74, 6) is -0.104. The minimum Gasteiger partial charge on any atom is -0.399 e. The highest BCUT2D eigenvalue weighted by molar-refractivity contribution is 5.92. The zero-order valence-corrected chi connectivity index (χ0v) is 11.3. The van der Waals surface area contributed by atoms with Gasteiger partial charge in [0.15, 0.2) is 0 Å². The van der Waals surface area contributed by atoms with Gasteiger partial charge in [0, 0.05) is 24.5 Å². The summed E-state index contributed by atoms with van der Waals surface area (Å²) in [5, 5.41) is 5.13. The van der Waals surface area contributed by atoms with Crippen LogP contribution in [0, 0.1) is 0 Å². The van der Waals surface area contributed by atoms with E-state index in [1.807, 2.05) is 13.8 Å². The van der Waals surface area contributed by atoms with Gasteiger partial charge in [-0.15, -0.1) is 0 Å². The van der Waals surface area contributed by atoms with Crippen molar-refractivity contribution in [3.63, 3.8) is 0 Å². The first-order valence-corrected chi connectivity index (χ1v) is 6.25. The van der Waals surface area contributed by atoms with E-state index in [4.69, 9.17) is 5.73 Å². The maximum atomic E-state index is 11.7. The molecule has 0 saturated carbocycles. The fourth-order valence-electron chi connectivity index (χ4n) is 1.64. The minimum atomic E-state index is -0.425. The van der Waals surface area contributed by atoms with Crippen LogP contribution in [-0.4, -0.2) is 36.5 Å². The third-order valence-corrected chi connectivity index (χ3v) is 2.66. The van der Waals surface area contributed by atoms with Gasteiger partial charge in [0.2, 0.25) is 5.91 Å². The lowest BCUT2D eigenvalue weighted by Crippen LogP contribution is -2.41. The third kappa shape index (κ3) is 4.87. The lowest BCUT2D eigenvalue weighted by Gasteiger charge is -2.18. The van der Waals surface area contributed by atoms with Crippen LogP contribution >= 0.6 is 0 Å². The highest BCUT2D eigenvalue weighted by Gasteiger charge is 2.10. The second kappa shape index (κ2) is 7.25. The molecule has 0 unspecified atom stereocenters. The fourth-order valence-corrected chi connectivity index (χ4v) is 1.64. The van der Waals surface area contributed by atoms with Gasteiger partial charge in [0.1, 0.15) is 0 Å². The second-order valence-electron chi connectivity index (χ2n) is 4.00. The van der Waals surface area contributed by atoms with E-state index in [1.54, 1.807) is 29.2 Å². The first kappa shape index (κ1) is 14.8. The Morgan fingerprint density at radius 1 is 1.26 bits per heavy atom. The Morgan fingerprint density at radius 2 is 1.95 bits per heavy atom. The molecule has 0 aliphatic heterocycles. The molecule has 0 spiro atoms. The van der Waals surface area contributed by atoms with Gasteiger partial charge in [-0.05, 0) is 32.0 Å². The maximum absolute atomic E-state index is 11.7. The molecule has 4 N–H and O–H groups in total. The van der Waals surface area contributed by atoms with E-state index in [0.717, 1.165) is 0 Å². The van der Waals surface area contributed by atoms with Gasteiger partial charge in [0.25, 0.3) is 0 Å². The van der Waals surface area contributed by atoms with Crippen molar-refractivity contribution in [2.45, 2.75) is 13.8 Å². The Labute approximate surface area is 113 Å². The zero-order chi connectivity index (χ0) is 14.3. The number of benzene rings is 1. The predicted octanol–water partition coefficient (Wildman–Crippen LogP) is 1.26. The number of nitrogens with two attached hydrogens (primary N) is 1. The van der Waals surface area contributed by atoms with Crippen molar-refractivity contribution >= 4 is 23.3 Å². The first-order chi connectivity index (χ1) is 9.06. The number of hydrogen-bond acceptors (Lipinski definition) is 3. The number of carbonyl (C=O) groups excluding carboxylic acids is 2. The molecule has 6 heteroatoms. The molecule has 1 aromatic rings. The molecule has 0 aliphatic rings. The number of hydrogen-bond donors (Lipinski definition) is 3. The van der Waals surface area contributed by atoms with Gasteiger partial charge in [-0.2, -0.15) is 0 Å². The number of urea groups is 1.